The van der Waals surface area contributed by atoms with E-state index in [1.807, 2.05) is 0 Å². The summed E-state index contributed by atoms with van der Waals surface area (Å²) in [6, 6.07) is -0.0000926. The lowest BCUT2D eigenvalue weighted by Gasteiger charge is -2.19. The zero-order valence-corrected chi connectivity index (χ0v) is 6.79. The highest BCUT2D eigenvalue weighted by Gasteiger charge is 2.06. The molecule has 0 saturated carbocycles. The molecule has 0 aromatic heterocycles. The van der Waals surface area contributed by atoms with Crippen molar-refractivity contribution >= 4 is 6.03 Å². The van der Waals surface area contributed by atoms with Gasteiger partial charge in [-0.15, -0.1) is 6.58 Å². The van der Waals surface area contributed by atoms with Crippen LogP contribution in [0.3, 0.4) is 0 Å². The quantitative estimate of drug-likeness (QED) is 0.523. The van der Waals surface area contributed by atoms with Crippen molar-refractivity contribution in [2.45, 2.75) is 0 Å². The van der Waals surface area contributed by atoms with Crippen LogP contribution in [0.4, 0.5) is 4.79 Å². The van der Waals surface area contributed by atoms with Crippen LogP contribution in [0.5, 0.6) is 0 Å². The van der Waals surface area contributed by atoms with Gasteiger partial charge in [0, 0.05) is 27.7 Å². The van der Waals surface area contributed by atoms with E-state index in [9.17, 15) is 4.79 Å². The Bertz CT molecular complexity index is 132. The van der Waals surface area contributed by atoms with Crippen molar-refractivity contribution in [3.8, 4) is 0 Å². The molecule has 0 rings (SSSR count). The van der Waals surface area contributed by atoms with Crippen molar-refractivity contribution in [1.29, 1.82) is 0 Å². The van der Waals surface area contributed by atoms with Crippen molar-refractivity contribution in [3.05, 3.63) is 12.7 Å². The van der Waals surface area contributed by atoms with Gasteiger partial charge in [-0.3, -0.25) is 0 Å². The molecular formula is C7H14N2O. The Morgan fingerprint density at radius 3 is 2.30 bits per heavy atom. The molecule has 0 aliphatic heterocycles. The molecule has 0 aliphatic rings. The topological polar surface area (TPSA) is 23.6 Å². The Labute approximate surface area is 61.9 Å². The summed E-state index contributed by atoms with van der Waals surface area (Å²) in [6.07, 6.45) is 1.70. The lowest BCUT2D eigenvalue weighted by Crippen LogP contribution is -2.36. The molecule has 0 N–H and O–H groups in total. The van der Waals surface area contributed by atoms with Gasteiger partial charge in [0.1, 0.15) is 0 Å². The SMILES string of the molecule is C=CCN(C)C(=O)N(C)C. The maximum absolute atomic E-state index is 11.0. The van der Waals surface area contributed by atoms with Crippen LogP contribution in [-0.2, 0) is 0 Å². The van der Waals surface area contributed by atoms with Crippen LogP contribution in [0.15, 0.2) is 12.7 Å². The number of carbonyl (C=O) groups excluding carboxylic acids is 1. The second-order valence-electron chi connectivity index (χ2n) is 2.35. The van der Waals surface area contributed by atoms with Gasteiger partial charge in [-0.2, -0.15) is 0 Å². The van der Waals surface area contributed by atoms with Crippen molar-refractivity contribution in [2.24, 2.45) is 0 Å². The van der Waals surface area contributed by atoms with Gasteiger partial charge < -0.3 is 9.80 Å². The number of amides is 2. The molecule has 3 heteroatoms. The first kappa shape index (κ1) is 9.01. The fraction of sp³-hybridized carbons (Fsp3) is 0.571. The molecule has 3 nitrogen and oxygen atoms in total. The number of hydrogen-bond donors (Lipinski definition) is 0. The van der Waals surface area contributed by atoms with Gasteiger partial charge in [-0.1, -0.05) is 6.08 Å². The predicted molar refractivity (Wildman–Crippen MR) is 41.9 cm³/mol. The van der Waals surface area contributed by atoms with E-state index in [0.717, 1.165) is 0 Å². The number of nitrogens with zero attached hydrogens (tertiary/aromatic N) is 2. The Morgan fingerprint density at radius 1 is 1.50 bits per heavy atom. The van der Waals surface area contributed by atoms with E-state index in [1.54, 1.807) is 32.1 Å². The second kappa shape index (κ2) is 3.93. The fourth-order valence-electron chi connectivity index (χ4n) is 0.613. The minimum Gasteiger partial charge on any atom is -0.331 e. The first-order valence-electron chi connectivity index (χ1n) is 3.13. The van der Waals surface area contributed by atoms with E-state index < -0.39 is 0 Å². The highest BCUT2D eigenvalue weighted by Crippen LogP contribution is 1.89. The smallest absolute Gasteiger partial charge is 0.319 e. The zero-order chi connectivity index (χ0) is 8.15. The molecule has 0 saturated heterocycles. The third-order valence-electron chi connectivity index (χ3n) is 1.11. The van der Waals surface area contributed by atoms with Crippen LogP contribution >= 0.6 is 0 Å². The summed E-state index contributed by atoms with van der Waals surface area (Å²) in [4.78, 5) is 14.2. The summed E-state index contributed by atoms with van der Waals surface area (Å²) in [7, 11) is 5.19. The summed E-state index contributed by atoms with van der Waals surface area (Å²) in [5.41, 5.74) is 0. The van der Waals surface area contributed by atoms with Crippen LogP contribution in [0, 0.1) is 0 Å². The van der Waals surface area contributed by atoms with Crippen molar-refractivity contribution < 1.29 is 4.79 Å². The first-order chi connectivity index (χ1) is 4.59. The number of carbonyl (C=O) groups is 1. The van der Waals surface area contributed by atoms with Gasteiger partial charge in [0.15, 0.2) is 0 Å². The molecule has 58 valence electrons. The Kier molecular flexibility index (Phi) is 3.54. The van der Waals surface area contributed by atoms with Crippen molar-refractivity contribution in [2.75, 3.05) is 27.7 Å². The van der Waals surface area contributed by atoms with Gasteiger partial charge >= 0.3 is 6.03 Å². The lowest BCUT2D eigenvalue weighted by molar-refractivity contribution is 0.186. The molecular weight excluding hydrogens is 128 g/mol. The lowest BCUT2D eigenvalue weighted by atomic mass is 10.5. The summed E-state index contributed by atoms with van der Waals surface area (Å²) >= 11 is 0. The summed E-state index contributed by atoms with van der Waals surface area (Å²) in [6.45, 7) is 4.12. The number of rotatable bonds is 2. The van der Waals surface area contributed by atoms with Gasteiger partial charge in [0.05, 0.1) is 0 Å². The molecule has 0 atom stereocenters. The van der Waals surface area contributed by atoms with E-state index in [-0.39, 0.29) is 6.03 Å². The van der Waals surface area contributed by atoms with Gasteiger partial charge in [0.2, 0.25) is 0 Å². The normalized spacial score (nSPS) is 8.70. The van der Waals surface area contributed by atoms with Crippen molar-refractivity contribution in [1.82, 2.24) is 9.80 Å². The summed E-state index contributed by atoms with van der Waals surface area (Å²) in [5, 5.41) is 0. The first-order valence-corrected chi connectivity index (χ1v) is 3.13. The maximum Gasteiger partial charge on any atom is 0.319 e. The Hall–Kier alpha value is -0.990. The molecule has 0 unspecified atom stereocenters. The molecule has 0 fully saturated rings. The Balaban J connectivity index is 3.81. The standard InChI is InChI=1S/C7H14N2O/c1-5-6-9(4)7(10)8(2)3/h5H,1,6H2,2-4H3. The summed E-state index contributed by atoms with van der Waals surface area (Å²) < 4.78 is 0. The molecule has 0 aromatic rings. The van der Waals surface area contributed by atoms with Crippen LogP contribution in [0.25, 0.3) is 0 Å². The number of likely N-dealkylation sites (N-methyl/N-ethyl adjacent to an activating group) is 1. The molecule has 0 bridgehead atoms. The van der Waals surface area contributed by atoms with E-state index in [1.165, 1.54) is 4.90 Å². The van der Waals surface area contributed by atoms with E-state index in [2.05, 4.69) is 6.58 Å². The average Bonchev–Trinajstić information content (AvgIpc) is 1.87. The van der Waals surface area contributed by atoms with Gasteiger partial charge in [-0.25, -0.2) is 4.79 Å². The van der Waals surface area contributed by atoms with Crippen LogP contribution in [-0.4, -0.2) is 43.5 Å². The monoisotopic (exact) mass is 142 g/mol. The fourth-order valence-corrected chi connectivity index (χ4v) is 0.613. The molecule has 0 heterocycles. The molecule has 0 radical (unpaired) electrons. The number of urea groups is 1. The molecule has 0 spiro atoms. The largest absolute Gasteiger partial charge is 0.331 e. The Morgan fingerprint density at radius 2 is 2.00 bits per heavy atom. The minimum atomic E-state index is -0.0000926. The van der Waals surface area contributed by atoms with E-state index >= 15 is 0 Å². The van der Waals surface area contributed by atoms with Gasteiger partial charge in [0.25, 0.3) is 0 Å². The maximum atomic E-state index is 11.0. The van der Waals surface area contributed by atoms with E-state index in [0.29, 0.717) is 6.54 Å². The van der Waals surface area contributed by atoms with Gasteiger partial charge in [-0.05, 0) is 0 Å². The third kappa shape index (κ3) is 2.53. The van der Waals surface area contributed by atoms with Crippen molar-refractivity contribution in [3.63, 3.8) is 0 Å². The summed E-state index contributed by atoms with van der Waals surface area (Å²) in [5.74, 6) is 0. The molecule has 0 aromatic carbocycles. The third-order valence-corrected chi connectivity index (χ3v) is 1.11. The van der Waals surface area contributed by atoms with Crippen LogP contribution < -0.4 is 0 Å². The highest BCUT2D eigenvalue weighted by atomic mass is 16.2. The highest BCUT2D eigenvalue weighted by molar-refractivity contribution is 5.73. The minimum absolute atomic E-state index is 0.0000926. The number of hydrogen-bond acceptors (Lipinski definition) is 1. The molecule has 2 amide bonds. The predicted octanol–water partition coefficient (Wildman–Crippen LogP) is 0.786. The van der Waals surface area contributed by atoms with Crippen LogP contribution in [0.2, 0.25) is 0 Å². The molecule has 10 heavy (non-hydrogen) atoms. The molecule has 0 aliphatic carbocycles. The van der Waals surface area contributed by atoms with E-state index in [4.69, 9.17) is 0 Å². The zero-order valence-electron chi connectivity index (χ0n) is 6.79. The average molecular weight is 142 g/mol. The second-order valence-corrected chi connectivity index (χ2v) is 2.35. The van der Waals surface area contributed by atoms with Crippen LogP contribution in [0.1, 0.15) is 0 Å².